The molecule has 0 unspecified atom stereocenters. The van der Waals surface area contributed by atoms with Gasteiger partial charge in [-0.2, -0.15) is 0 Å². The van der Waals surface area contributed by atoms with Gasteiger partial charge < -0.3 is 10.7 Å². The van der Waals surface area contributed by atoms with Crippen LogP contribution in [0.1, 0.15) is 32.6 Å². The van der Waals surface area contributed by atoms with Crippen LogP contribution in [0.15, 0.2) is 12.4 Å². The van der Waals surface area contributed by atoms with Gasteiger partial charge in [0.25, 0.3) is 0 Å². The molecular weight excluding hydrogens is 202 g/mol. The molecule has 2 rings (SSSR count). The van der Waals surface area contributed by atoms with Gasteiger partial charge in [-0.05, 0) is 18.3 Å². The Hall–Kier alpha value is -1.36. The van der Waals surface area contributed by atoms with Crippen LogP contribution in [0.4, 0.5) is 11.6 Å². The van der Waals surface area contributed by atoms with E-state index in [0.717, 1.165) is 12.4 Å². The van der Waals surface area contributed by atoms with Gasteiger partial charge in [-0.25, -0.2) is 15.8 Å². The summed E-state index contributed by atoms with van der Waals surface area (Å²) in [5.41, 5.74) is 2.93. The molecule has 1 aliphatic rings. The third-order valence-corrected chi connectivity index (χ3v) is 3.32. The summed E-state index contributed by atoms with van der Waals surface area (Å²) in [6, 6.07) is 1.82. The number of nitrogen functional groups attached to an aromatic ring is 1. The number of nitrogens with two attached hydrogens (primary N) is 1. The van der Waals surface area contributed by atoms with E-state index < -0.39 is 0 Å². The lowest BCUT2D eigenvalue weighted by Gasteiger charge is -2.23. The Morgan fingerprint density at radius 3 is 2.69 bits per heavy atom. The molecule has 1 aromatic heterocycles. The van der Waals surface area contributed by atoms with Gasteiger partial charge in [-0.15, -0.1) is 0 Å². The van der Waals surface area contributed by atoms with Crippen molar-refractivity contribution in [1.82, 2.24) is 9.97 Å². The molecule has 1 saturated carbocycles. The monoisotopic (exact) mass is 221 g/mol. The van der Waals surface area contributed by atoms with Gasteiger partial charge in [-0.3, -0.25) is 0 Å². The number of nitrogens with one attached hydrogen (secondary N) is 2. The smallest absolute Gasteiger partial charge is 0.145 e. The van der Waals surface area contributed by atoms with Crippen LogP contribution in [-0.2, 0) is 0 Å². The maximum atomic E-state index is 5.29. The lowest BCUT2D eigenvalue weighted by atomic mass is 9.89. The van der Waals surface area contributed by atoms with E-state index in [1.165, 1.54) is 32.0 Å². The maximum absolute atomic E-state index is 5.29. The molecule has 0 aliphatic heterocycles. The van der Waals surface area contributed by atoms with Crippen molar-refractivity contribution in [1.29, 1.82) is 0 Å². The minimum absolute atomic E-state index is 0.418. The Labute approximate surface area is 95.8 Å². The van der Waals surface area contributed by atoms with Crippen molar-refractivity contribution in [3.05, 3.63) is 12.4 Å². The fourth-order valence-electron chi connectivity index (χ4n) is 2.24. The van der Waals surface area contributed by atoms with Crippen LogP contribution in [-0.4, -0.2) is 16.5 Å². The molecule has 88 valence electrons. The molecule has 0 spiro atoms. The first-order valence-corrected chi connectivity index (χ1v) is 5.74. The van der Waals surface area contributed by atoms with Crippen molar-refractivity contribution in [3.63, 3.8) is 0 Å². The van der Waals surface area contributed by atoms with E-state index in [4.69, 9.17) is 5.84 Å². The van der Waals surface area contributed by atoms with Gasteiger partial charge in [0.2, 0.25) is 0 Å². The maximum Gasteiger partial charge on any atom is 0.145 e. The van der Waals surface area contributed by atoms with Crippen LogP contribution >= 0.6 is 0 Å². The number of aromatic nitrogens is 2. The first-order chi connectivity index (χ1) is 7.72. The van der Waals surface area contributed by atoms with Crippen molar-refractivity contribution in [2.45, 2.75) is 32.6 Å². The van der Waals surface area contributed by atoms with Crippen molar-refractivity contribution >= 4 is 11.6 Å². The number of hydrazine groups is 1. The highest BCUT2D eigenvalue weighted by atomic mass is 15.3. The molecule has 16 heavy (non-hydrogen) atoms. The first-order valence-electron chi connectivity index (χ1n) is 5.74. The summed E-state index contributed by atoms with van der Waals surface area (Å²) in [7, 11) is 0. The number of nitrogens with zero attached hydrogens (tertiary/aromatic N) is 2. The average Bonchev–Trinajstić information content (AvgIpc) is 2.75. The molecular formula is C11H19N5. The van der Waals surface area contributed by atoms with Crippen LogP contribution in [0.3, 0.4) is 0 Å². The summed E-state index contributed by atoms with van der Waals surface area (Å²) in [5, 5.41) is 3.36. The Morgan fingerprint density at radius 1 is 1.31 bits per heavy atom. The third-order valence-electron chi connectivity index (χ3n) is 3.32. The zero-order valence-electron chi connectivity index (χ0n) is 9.66. The number of hydrogen-bond donors (Lipinski definition) is 3. The molecule has 0 amide bonds. The van der Waals surface area contributed by atoms with Crippen LogP contribution in [0.5, 0.6) is 0 Å². The molecule has 1 heterocycles. The van der Waals surface area contributed by atoms with Gasteiger partial charge in [0.15, 0.2) is 0 Å². The summed E-state index contributed by atoms with van der Waals surface area (Å²) >= 11 is 0. The second-order valence-corrected chi connectivity index (χ2v) is 4.80. The fraction of sp³-hybridized carbons (Fsp3) is 0.636. The van der Waals surface area contributed by atoms with Crippen molar-refractivity contribution < 1.29 is 0 Å². The highest BCUT2D eigenvalue weighted by Crippen LogP contribution is 2.37. The third kappa shape index (κ3) is 2.61. The molecule has 0 radical (unpaired) electrons. The summed E-state index contributed by atoms with van der Waals surface area (Å²) in [4.78, 5) is 8.13. The van der Waals surface area contributed by atoms with Crippen LogP contribution in [0.25, 0.3) is 0 Å². The predicted molar refractivity (Wildman–Crippen MR) is 64.9 cm³/mol. The second-order valence-electron chi connectivity index (χ2n) is 4.80. The second kappa shape index (κ2) is 4.65. The van der Waals surface area contributed by atoms with Crippen molar-refractivity contribution in [2.75, 3.05) is 17.3 Å². The lowest BCUT2D eigenvalue weighted by molar-refractivity contribution is 0.361. The summed E-state index contributed by atoms with van der Waals surface area (Å²) in [6.07, 6.45) is 6.80. The first kappa shape index (κ1) is 11.1. The molecule has 1 fully saturated rings. The molecule has 5 heteroatoms. The molecule has 0 bridgehead atoms. The molecule has 0 saturated heterocycles. The van der Waals surface area contributed by atoms with Gasteiger partial charge in [-0.1, -0.05) is 19.8 Å². The Kier molecular flexibility index (Phi) is 3.24. The molecule has 1 aliphatic carbocycles. The Balaban J connectivity index is 1.93. The zero-order valence-corrected chi connectivity index (χ0v) is 9.66. The summed E-state index contributed by atoms with van der Waals surface area (Å²) in [6.45, 7) is 3.30. The fourth-order valence-corrected chi connectivity index (χ4v) is 2.24. The normalized spacial score (nSPS) is 18.4. The Morgan fingerprint density at radius 2 is 2.00 bits per heavy atom. The van der Waals surface area contributed by atoms with Crippen LogP contribution in [0.2, 0.25) is 0 Å². The molecule has 4 N–H and O–H groups in total. The van der Waals surface area contributed by atoms with E-state index in [2.05, 4.69) is 27.6 Å². The zero-order chi connectivity index (χ0) is 11.4. The Bertz CT molecular complexity index is 346. The highest BCUT2D eigenvalue weighted by molar-refractivity contribution is 5.45. The van der Waals surface area contributed by atoms with E-state index in [-0.39, 0.29) is 0 Å². The number of anilines is 2. The van der Waals surface area contributed by atoms with Crippen LogP contribution < -0.4 is 16.6 Å². The van der Waals surface area contributed by atoms with Gasteiger partial charge in [0.1, 0.15) is 18.0 Å². The predicted octanol–water partition coefficient (Wildman–Crippen LogP) is 1.75. The lowest BCUT2D eigenvalue weighted by Crippen LogP contribution is -2.23. The van der Waals surface area contributed by atoms with Crippen molar-refractivity contribution in [3.8, 4) is 0 Å². The van der Waals surface area contributed by atoms with E-state index in [9.17, 15) is 0 Å². The van der Waals surface area contributed by atoms with Gasteiger partial charge >= 0.3 is 0 Å². The quantitative estimate of drug-likeness (QED) is 0.533. The van der Waals surface area contributed by atoms with E-state index in [0.29, 0.717) is 11.2 Å². The van der Waals surface area contributed by atoms with E-state index in [1.807, 2.05) is 6.07 Å². The number of hydrogen-bond acceptors (Lipinski definition) is 5. The molecule has 5 nitrogen and oxygen atoms in total. The van der Waals surface area contributed by atoms with Gasteiger partial charge in [0.05, 0.1) is 0 Å². The largest absolute Gasteiger partial charge is 0.369 e. The van der Waals surface area contributed by atoms with E-state index in [1.54, 1.807) is 0 Å². The topological polar surface area (TPSA) is 75.9 Å². The van der Waals surface area contributed by atoms with Gasteiger partial charge in [0, 0.05) is 12.6 Å². The molecule has 0 aromatic carbocycles. The standard InChI is InChI=1S/C11H19N5/c1-11(4-2-3-5-11)7-13-9-6-10(16-12)15-8-14-9/h6,8H,2-5,7,12H2,1H3,(H2,13,14,15,16). The molecule has 1 aromatic rings. The highest BCUT2D eigenvalue weighted by Gasteiger charge is 2.28. The van der Waals surface area contributed by atoms with Crippen molar-refractivity contribution in [2.24, 2.45) is 11.3 Å². The van der Waals surface area contributed by atoms with E-state index >= 15 is 0 Å². The number of rotatable bonds is 4. The van der Waals surface area contributed by atoms with Crippen LogP contribution in [0, 0.1) is 5.41 Å². The SMILES string of the molecule is CC1(CNc2cc(NN)ncn2)CCCC1. The summed E-state index contributed by atoms with van der Waals surface area (Å²) in [5.74, 6) is 6.76. The average molecular weight is 221 g/mol. The minimum atomic E-state index is 0.418. The summed E-state index contributed by atoms with van der Waals surface area (Å²) < 4.78 is 0. The minimum Gasteiger partial charge on any atom is -0.369 e. The molecule has 0 atom stereocenters.